The maximum atomic E-state index is 13.4. The lowest BCUT2D eigenvalue weighted by molar-refractivity contribution is 0.352. The average Bonchev–Trinajstić information content (AvgIpc) is 2.51. The van der Waals surface area contributed by atoms with Crippen LogP contribution in [-0.4, -0.2) is 24.2 Å². The lowest BCUT2D eigenvalue weighted by atomic mass is 10.0. The number of hydrogen-bond donors (Lipinski definition) is 2. The third kappa shape index (κ3) is 3.09. The molecule has 112 valence electrons. The number of hydrazine groups is 1. The van der Waals surface area contributed by atoms with Crippen molar-refractivity contribution >= 4 is 0 Å². The lowest BCUT2D eigenvalue weighted by Gasteiger charge is -2.18. The highest BCUT2D eigenvalue weighted by atomic mass is 19.1. The minimum Gasteiger partial charge on any atom is -0.480 e. The number of aromatic nitrogens is 2. The molecule has 2 rings (SSSR count). The quantitative estimate of drug-likeness (QED) is 0.642. The van der Waals surface area contributed by atoms with Crippen molar-refractivity contribution in [3.63, 3.8) is 0 Å². The van der Waals surface area contributed by atoms with Crippen LogP contribution in [0.5, 0.6) is 11.8 Å². The first-order chi connectivity index (χ1) is 10.1. The Morgan fingerprint density at radius 2 is 2.05 bits per heavy atom. The first kappa shape index (κ1) is 15.1. The number of hydrogen-bond acceptors (Lipinski definition) is 6. The molecule has 1 atom stereocenters. The summed E-state index contributed by atoms with van der Waals surface area (Å²) in [5.74, 6) is 5.97. The van der Waals surface area contributed by atoms with Gasteiger partial charge < -0.3 is 9.47 Å². The van der Waals surface area contributed by atoms with Crippen molar-refractivity contribution in [3.8, 4) is 11.8 Å². The van der Waals surface area contributed by atoms with Crippen molar-refractivity contribution in [2.75, 3.05) is 14.2 Å². The zero-order valence-corrected chi connectivity index (χ0v) is 12.1. The fraction of sp³-hybridized carbons (Fsp3) is 0.286. The molecule has 1 heterocycles. The molecule has 0 fully saturated rings. The van der Waals surface area contributed by atoms with E-state index >= 15 is 0 Å². The van der Waals surface area contributed by atoms with E-state index in [0.717, 1.165) is 5.56 Å². The minimum atomic E-state index is -0.474. The van der Waals surface area contributed by atoms with Gasteiger partial charge in [-0.2, -0.15) is 4.98 Å². The maximum absolute atomic E-state index is 13.4. The summed E-state index contributed by atoms with van der Waals surface area (Å²) in [5, 5.41) is 0. The predicted octanol–water partition coefficient (Wildman–Crippen LogP) is 1.49. The number of ether oxygens (including phenoxy) is 2. The highest BCUT2D eigenvalue weighted by Gasteiger charge is 2.21. The maximum Gasteiger partial charge on any atom is 0.240 e. The van der Waals surface area contributed by atoms with Crippen molar-refractivity contribution < 1.29 is 13.9 Å². The molecule has 1 aromatic heterocycles. The summed E-state index contributed by atoms with van der Waals surface area (Å²) >= 11 is 0. The molecule has 0 spiro atoms. The Balaban J connectivity index is 2.47. The molecule has 0 bridgehead atoms. The number of nitrogens with zero attached hydrogens (tertiary/aromatic N) is 2. The summed E-state index contributed by atoms with van der Waals surface area (Å²) in [7, 11) is 2.97. The fourth-order valence-corrected chi connectivity index (χ4v) is 1.99. The summed E-state index contributed by atoms with van der Waals surface area (Å²) in [5.41, 5.74) is 4.42. The Morgan fingerprint density at radius 3 is 2.62 bits per heavy atom. The Hall–Kier alpha value is -2.25. The molecule has 6 nitrogen and oxygen atoms in total. The van der Waals surface area contributed by atoms with E-state index in [1.165, 1.54) is 26.5 Å². The SMILES string of the molecule is COc1cnc(C(NN)c2ccc(F)c(C)c2)c(OC)n1. The second-order valence-electron chi connectivity index (χ2n) is 4.42. The molecule has 0 saturated carbocycles. The van der Waals surface area contributed by atoms with Gasteiger partial charge in [-0.1, -0.05) is 12.1 Å². The number of rotatable bonds is 5. The number of methoxy groups -OCH3 is 2. The monoisotopic (exact) mass is 292 g/mol. The molecule has 1 aromatic carbocycles. The van der Waals surface area contributed by atoms with Crippen LogP contribution in [0.2, 0.25) is 0 Å². The van der Waals surface area contributed by atoms with Gasteiger partial charge >= 0.3 is 0 Å². The van der Waals surface area contributed by atoms with Crippen LogP contribution in [0, 0.1) is 12.7 Å². The first-order valence-corrected chi connectivity index (χ1v) is 6.27. The zero-order chi connectivity index (χ0) is 15.4. The third-order valence-electron chi connectivity index (χ3n) is 3.10. The van der Waals surface area contributed by atoms with Gasteiger partial charge in [0.15, 0.2) is 0 Å². The molecule has 0 saturated heterocycles. The minimum absolute atomic E-state index is 0.276. The number of benzene rings is 1. The number of nitrogens with one attached hydrogen (secondary N) is 1. The molecule has 0 amide bonds. The van der Waals surface area contributed by atoms with Crippen LogP contribution < -0.4 is 20.7 Å². The van der Waals surface area contributed by atoms with Crippen LogP contribution in [-0.2, 0) is 0 Å². The second-order valence-corrected chi connectivity index (χ2v) is 4.42. The molecule has 1 unspecified atom stereocenters. The predicted molar refractivity (Wildman–Crippen MR) is 75.4 cm³/mol. The van der Waals surface area contributed by atoms with E-state index in [4.69, 9.17) is 15.3 Å². The number of halogens is 1. The van der Waals surface area contributed by atoms with Gasteiger partial charge in [-0.25, -0.2) is 14.8 Å². The van der Waals surface area contributed by atoms with Crippen molar-refractivity contribution in [3.05, 3.63) is 47.0 Å². The normalized spacial score (nSPS) is 12.0. The fourth-order valence-electron chi connectivity index (χ4n) is 1.99. The van der Waals surface area contributed by atoms with Gasteiger partial charge in [0.25, 0.3) is 0 Å². The second kappa shape index (κ2) is 6.47. The summed E-state index contributed by atoms with van der Waals surface area (Å²) in [4.78, 5) is 8.44. The zero-order valence-electron chi connectivity index (χ0n) is 12.1. The van der Waals surface area contributed by atoms with E-state index in [1.807, 2.05) is 0 Å². The molecule has 21 heavy (non-hydrogen) atoms. The third-order valence-corrected chi connectivity index (χ3v) is 3.10. The topological polar surface area (TPSA) is 82.3 Å². The molecular formula is C14H17FN4O2. The summed E-state index contributed by atoms with van der Waals surface area (Å²) in [6.45, 7) is 1.68. The molecule has 2 aromatic rings. The number of aryl methyl sites for hydroxylation is 1. The standard InChI is InChI=1S/C14H17FN4O2/c1-8-6-9(4-5-10(8)15)12(19-16)13-14(21-3)18-11(20-2)7-17-13/h4-7,12,19H,16H2,1-3H3. The van der Waals surface area contributed by atoms with Gasteiger partial charge in [0.05, 0.1) is 26.5 Å². The van der Waals surface area contributed by atoms with E-state index in [-0.39, 0.29) is 5.82 Å². The van der Waals surface area contributed by atoms with Crippen molar-refractivity contribution in [2.45, 2.75) is 13.0 Å². The van der Waals surface area contributed by atoms with E-state index in [0.29, 0.717) is 23.0 Å². The van der Waals surface area contributed by atoms with E-state index < -0.39 is 6.04 Å². The number of nitrogens with two attached hydrogens (primary N) is 1. The highest BCUT2D eigenvalue weighted by Crippen LogP contribution is 2.28. The molecule has 7 heteroatoms. The van der Waals surface area contributed by atoms with Crippen LogP contribution in [0.3, 0.4) is 0 Å². The lowest BCUT2D eigenvalue weighted by Crippen LogP contribution is -2.30. The molecular weight excluding hydrogens is 275 g/mol. The van der Waals surface area contributed by atoms with E-state index in [2.05, 4.69) is 15.4 Å². The van der Waals surface area contributed by atoms with Gasteiger partial charge in [0.1, 0.15) is 11.5 Å². The van der Waals surface area contributed by atoms with Gasteiger partial charge in [0, 0.05) is 0 Å². The van der Waals surface area contributed by atoms with Gasteiger partial charge in [-0.3, -0.25) is 5.84 Å². The molecule has 0 radical (unpaired) electrons. The van der Waals surface area contributed by atoms with Gasteiger partial charge in [-0.15, -0.1) is 0 Å². The highest BCUT2D eigenvalue weighted by molar-refractivity contribution is 5.36. The van der Waals surface area contributed by atoms with E-state index in [1.54, 1.807) is 19.1 Å². The van der Waals surface area contributed by atoms with Crippen LogP contribution in [0.25, 0.3) is 0 Å². The van der Waals surface area contributed by atoms with Crippen LogP contribution in [0.1, 0.15) is 22.9 Å². The van der Waals surface area contributed by atoms with Gasteiger partial charge in [0.2, 0.25) is 11.8 Å². The largest absolute Gasteiger partial charge is 0.480 e. The van der Waals surface area contributed by atoms with E-state index in [9.17, 15) is 4.39 Å². The first-order valence-electron chi connectivity index (χ1n) is 6.27. The van der Waals surface area contributed by atoms with Crippen LogP contribution in [0.15, 0.2) is 24.4 Å². The Labute approximate surface area is 122 Å². The summed E-state index contributed by atoms with van der Waals surface area (Å²) in [6, 6.07) is 4.25. The Bertz CT molecular complexity index is 636. The van der Waals surface area contributed by atoms with Crippen molar-refractivity contribution in [1.29, 1.82) is 0 Å². The Kier molecular flexibility index (Phi) is 4.66. The van der Waals surface area contributed by atoms with Crippen LogP contribution >= 0.6 is 0 Å². The molecule has 0 aliphatic heterocycles. The smallest absolute Gasteiger partial charge is 0.240 e. The molecule has 0 aliphatic rings. The summed E-state index contributed by atoms with van der Waals surface area (Å²) < 4.78 is 23.6. The van der Waals surface area contributed by atoms with Gasteiger partial charge in [-0.05, 0) is 24.1 Å². The summed E-state index contributed by atoms with van der Waals surface area (Å²) in [6.07, 6.45) is 1.47. The molecule has 0 aliphatic carbocycles. The Morgan fingerprint density at radius 1 is 1.29 bits per heavy atom. The molecule has 3 N–H and O–H groups in total. The van der Waals surface area contributed by atoms with Crippen molar-refractivity contribution in [1.82, 2.24) is 15.4 Å². The average molecular weight is 292 g/mol. The van der Waals surface area contributed by atoms with Crippen molar-refractivity contribution in [2.24, 2.45) is 5.84 Å². The van der Waals surface area contributed by atoms with Crippen LogP contribution in [0.4, 0.5) is 4.39 Å².